The highest BCUT2D eigenvalue weighted by Crippen LogP contribution is 2.26. The van der Waals surface area contributed by atoms with Crippen LogP contribution in [-0.4, -0.2) is 22.8 Å². The van der Waals surface area contributed by atoms with Crippen molar-refractivity contribution in [3.8, 4) is 0 Å². The molecular weight excluding hydrogens is 321 g/mol. The number of fused-ring (bicyclic) bond motifs is 1. The summed E-state index contributed by atoms with van der Waals surface area (Å²) in [6.45, 7) is 1.54. The average molecular weight is 333 g/mol. The fraction of sp³-hybridized carbons (Fsp3) is 0.133. The Balaban J connectivity index is 1.66. The number of hydrogen-bond acceptors (Lipinski definition) is 5. The van der Waals surface area contributed by atoms with Crippen LogP contribution < -0.4 is 10.6 Å². The number of thiazole rings is 1. The van der Waals surface area contributed by atoms with Gasteiger partial charge in [0, 0.05) is 0 Å². The van der Waals surface area contributed by atoms with Crippen molar-refractivity contribution in [2.75, 3.05) is 5.32 Å². The Labute approximate surface area is 134 Å². The number of nitrogens with one attached hydrogen (secondary N) is 2. The van der Waals surface area contributed by atoms with Crippen LogP contribution in [0.25, 0.3) is 10.2 Å². The van der Waals surface area contributed by atoms with Crippen molar-refractivity contribution >= 4 is 38.5 Å². The summed E-state index contributed by atoms with van der Waals surface area (Å²) in [6, 6.07) is 6.50. The van der Waals surface area contributed by atoms with Gasteiger partial charge in [0.15, 0.2) is 10.9 Å². The number of anilines is 1. The first-order valence-electron chi connectivity index (χ1n) is 6.74. The van der Waals surface area contributed by atoms with E-state index in [9.17, 15) is 14.0 Å². The van der Waals surface area contributed by atoms with Crippen LogP contribution in [0.1, 0.15) is 17.5 Å². The van der Waals surface area contributed by atoms with Gasteiger partial charge in [-0.05, 0) is 37.3 Å². The molecule has 118 valence electrons. The van der Waals surface area contributed by atoms with Crippen LogP contribution in [0.5, 0.6) is 0 Å². The van der Waals surface area contributed by atoms with Crippen molar-refractivity contribution in [3.05, 3.63) is 48.2 Å². The van der Waals surface area contributed by atoms with E-state index in [1.54, 1.807) is 19.1 Å². The fourth-order valence-electron chi connectivity index (χ4n) is 1.91. The number of amides is 2. The highest BCUT2D eigenvalue weighted by molar-refractivity contribution is 7.22. The minimum absolute atomic E-state index is 0.125. The third-order valence-corrected chi connectivity index (χ3v) is 4.00. The van der Waals surface area contributed by atoms with Crippen LogP contribution in [0.3, 0.4) is 0 Å². The lowest BCUT2D eigenvalue weighted by Crippen LogP contribution is -2.41. The highest BCUT2D eigenvalue weighted by atomic mass is 32.1. The molecule has 2 amide bonds. The first kappa shape index (κ1) is 15.2. The zero-order chi connectivity index (χ0) is 16.4. The van der Waals surface area contributed by atoms with Gasteiger partial charge >= 0.3 is 0 Å². The topological polar surface area (TPSA) is 84.2 Å². The van der Waals surface area contributed by atoms with Gasteiger partial charge in [-0.1, -0.05) is 11.3 Å². The molecule has 0 aliphatic rings. The molecule has 23 heavy (non-hydrogen) atoms. The molecule has 2 aromatic heterocycles. The van der Waals surface area contributed by atoms with Gasteiger partial charge in [0.25, 0.3) is 5.91 Å². The average Bonchev–Trinajstić information content (AvgIpc) is 3.15. The van der Waals surface area contributed by atoms with Crippen LogP contribution in [0, 0.1) is 5.82 Å². The molecule has 0 unspecified atom stereocenters. The van der Waals surface area contributed by atoms with E-state index in [0.29, 0.717) is 15.3 Å². The summed E-state index contributed by atoms with van der Waals surface area (Å²) in [5, 5.41) is 5.46. The molecule has 3 rings (SSSR count). The Kier molecular flexibility index (Phi) is 4.07. The van der Waals surface area contributed by atoms with Crippen molar-refractivity contribution in [1.82, 2.24) is 10.3 Å². The second-order valence-corrected chi connectivity index (χ2v) is 5.82. The lowest BCUT2D eigenvalue weighted by Gasteiger charge is -2.11. The minimum Gasteiger partial charge on any atom is -0.459 e. The Bertz CT molecular complexity index is 860. The number of nitrogens with zero attached hydrogens (tertiary/aromatic N) is 1. The molecule has 0 aliphatic heterocycles. The summed E-state index contributed by atoms with van der Waals surface area (Å²) in [5.41, 5.74) is 0.596. The van der Waals surface area contributed by atoms with E-state index in [0.717, 1.165) is 11.3 Å². The first-order chi connectivity index (χ1) is 11.0. The summed E-state index contributed by atoms with van der Waals surface area (Å²) in [4.78, 5) is 28.1. The number of furan rings is 1. The Morgan fingerprint density at radius 3 is 2.91 bits per heavy atom. The lowest BCUT2D eigenvalue weighted by molar-refractivity contribution is -0.117. The summed E-state index contributed by atoms with van der Waals surface area (Å²) in [7, 11) is 0. The molecule has 1 atom stereocenters. The molecule has 2 N–H and O–H groups in total. The summed E-state index contributed by atoms with van der Waals surface area (Å²) in [5.74, 6) is -1.15. The van der Waals surface area contributed by atoms with Gasteiger partial charge in [0.2, 0.25) is 5.91 Å². The van der Waals surface area contributed by atoms with Crippen LogP contribution in [0.15, 0.2) is 41.0 Å². The quantitative estimate of drug-likeness (QED) is 0.769. The summed E-state index contributed by atoms with van der Waals surface area (Å²) in [6.07, 6.45) is 1.37. The molecule has 0 fully saturated rings. The fourth-order valence-corrected chi connectivity index (χ4v) is 2.80. The molecule has 8 heteroatoms. The van der Waals surface area contributed by atoms with Crippen molar-refractivity contribution < 1.29 is 18.4 Å². The number of hydrogen-bond donors (Lipinski definition) is 2. The molecule has 3 aromatic rings. The Morgan fingerprint density at radius 1 is 1.35 bits per heavy atom. The van der Waals surface area contributed by atoms with Gasteiger partial charge in [-0.15, -0.1) is 0 Å². The number of carbonyl (C=O) groups is 2. The van der Waals surface area contributed by atoms with E-state index in [-0.39, 0.29) is 11.6 Å². The van der Waals surface area contributed by atoms with Crippen molar-refractivity contribution in [3.63, 3.8) is 0 Å². The molecule has 2 heterocycles. The van der Waals surface area contributed by atoms with Gasteiger partial charge in [-0.25, -0.2) is 9.37 Å². The monoisotopic (exact) mass is 333 g/mol. The molecule has 0 bridgehead atoms. The number of halogens is 1. The summed E-state index contributed by atoms with van der Waals surface area (Å²) < 4.78 is 18.7. The van der Waals surface area contributed by atoms with Crippen LogP contribution in [0.2, 0.25) is 0 Å². The van der Waals surface area contributed by atoms with E-state index < -0.39 is 17.9 Å². The van der Waals surface area contributed by atoms with Crippen molar-refractivity contribution in [1.29, 1.82) is 0 Å². The van der Waals surface area contributed by atoms with Gasteiger partial charge < -0.3 is 15.1 Å². The molecule has 1 aromatic carbocycles. The second kappa shape index (κ2) is 6.17. The highest BCUT2D eigenvalue weighted by Gasteiger charge is 2.19. The molecule has 6 nitrogen and oxygen atoms in total. The number of aromatic nitrogens is 1. The van der Waals surface area contributed by atoms with Gasteiger partial charge in [-0.3, -0.25) is 9.59 Å². The third-order valence-electron chi connectivity index (χ3n) is 3.07. The Morgan fingerprint density at radius 2 is 2.17 bits per heavy atom. The van der Waals surface area contributed by atoms with Gasteiger partial charge in [0.1, 0.15) is 11.9 Å². The second-order valence-electron chi connectivity index (χ2n) is 4.79. The maximum absolute atomic E-state index is 13.1. The molecule has 0 saturated carbocycles. The zero-order valence-corrected chi connectivity index (χ0v) is 12.8. The SMILES string of the molecule is C[C@@H](NC(=O)c1ccco1)C(=O)Nc1nc2ccc(F)cc2s1. The summed E-state index contributed by atoms with van der Waals surface area (Å²) >= 11 is 1.16. The normalized spacial score (nSPS) is 12.1. The van der Waals surface area contributed by atoms with E-state index in [1.165, 1.54) is 24.5 Å². The maximum atomic E-state index is 13.1. The van der Waals surface area contributed by atoms with E-state index in [1.807, 2.05) is 0 Å². The van der Waals surface area contributed by atoms with E-state index in [2.05, 4.69) is 15.6 Å². The molecule has 0 radical (unpaired) electrons. The number of benzene rings is 1. The predicted octanol–water partition coefficient (Wildman–Crippen LogP) is 2.79. The van der Waals surface area contributed by atoms with E-state index >= 15 is 0 Å². The van der Waals surface area contributed by atoms with Crippen LogP contribution >= 0.6 is 11.3 Å². The molecule has 0 saturated heterocycles. The molecular formula is C15H12FN3O3S. The largest absolute Gasteiger partial charge is 0.459 e. The lowest BCUT2D eigenvalue weighted by atomic mass is 10.3. The van der Waals surface area contributed by atoms with Gasteiger partial charge in [-0.2, -0.15) is 0 Å². The minimum atomic E-state index is -0.781. The van der Waals surface area contributed by atoms with Crippen LogP contribution in [0.4, 0.5) is 9.52 Å². The number of carbonyl (C=O) groups excluding carboxylic acids is 2. The zero-order valence-electron chi connectivity index (χ0n) is 12.0. The maximum Gasteiger partial charge on any atom is 0.287 e. The van der Waals surface area contributed by atoms with E-state index in [4.69, 9.17) is 4.42 Å². The first-order valence-corrected chi connectivity index (χ1v) is 7.56. The number of rotatable bonds is 4. The van der Waals surface area contributed by atoms with Gasteiger partial charge in [0.05, 0.1) is 16.5 Å². The smallest absolute Gasteiger partial charge is 0.287 e. The van der Waals surface area contributed by atoms with Crippen molar-refractivity contribution in [2.24, 2.45) is 0 Å². The molecule has 0 spiro atoms. The van der Waals surface area contributed by atoms with Crippen molar-refractivity contribution in [2.45, 2.75) is 13.0 Å². The standard InChI is InChI=1S/C15H12FN3O3S/c1-8(17-14(21)11-3-2-6-22-11)13(20)19-15-18-10-5-4-9(16)7-12(10)23-15/h2-8H,1H3,(H,17,21)(H,18,19,20)/t8-/m1/s1. The molecule has 0 aliphatic carbocycles. The third kappa shape index (κ3) is 3.37. The Hall–Kier alpha value is -2.74. The van der Waals surface area contributed by atoms with Crippen LogP contribution in [-0.2, 0) is 4.79 Å². The predicted molar refractivity (Wildman–Crippen MR) is 83.8 cm³/mol.